The first kappa shape index (κ1) is 25.9. The summed E-state index contributed by atoms with van der Waals surface area (Å²) in [5, 5.41) is 2.77. The number of nitrogens with zero attached hydrogens (tertiary/aromatic N) is 1. The van der Waals surface area contributed by atoms with E-state index in [1.807, 2.05) is 0 Å². The minimum absolute atomic E-state index is 0.0118. The quantitative estimate of drug-likeness (QED) is 0.554. The van der Waals surface area contributed by atoms with Gasteiger partial charge in [0.15, 0.2) is 0 Å². The fourth-order valence-electron chi connectivity index (χ4n) is 3.75. The Morgan fingerprint density at radius 3 is 2.44 bits per heavy atom. The van der Waals surface area contributed by atoms with Crippen LogP contribution in [-0.4, -0.2) is 61.4 Å². The number of carbonyl (C=O) groups is 1. The number of ether oxygens (including phenoxy) is 2. The molecule has 0 spiro atoms. The molecule has 0 unspecified atom stereocenters. The van der Waals surface area contributed by atoms with E-state index in [4.69, 9.17) is 9.47 Å². The number of anilines is 1. The molecule has 0 bridgehead atoms. The second-order valence-electron chi connectivity index (χ2n) is 7.89. The van der Waals surface area contributed by atoms with Crippen LogP contribution in [0.4, 0.5) is 5.69 Å². The molecule has 12 heteroatoms. The largest absolute Gasteiger partial charge is 0.497 e. The molecular formula is C22H29N3O7S2. The third-order valence-corrected chi connectivity index (χ3v) is 9.09. The summed E-state index contributed by atoms with van der Waals surface area (Å²) in [5.74, 6) is -0.424. The van der Waals surface area contributed by atoms with Gasteiger partial charge in [0.25, 0.3) is 0 Å². The number of methoxy groups -OCH3 is 2. The molecule has 0 radical (unpaired) electrons. The zero-order valence-corrected chi connectivity index (χ0v) is 21.1. The summed E-state index contributed by atoms with van der Waals surface area (Å²) in [7, 11) is -3.50. The molecule has 3 rings (SSSR count). The van der Waals surface area contributed by atoms with Crippen molar-refractivity contribution in [3.63, 3.8) is 0 Å². The van der Waals surface area contributed by atoms with Crippen molar-refractivity contribution in [2.24, 2.45) is 5.92 Å². The van der Waals surface area contributed by atoms with Crippen molar-refractivity contribution in [1.82, 2.24) is 9.03 Å². The van der Waals surface area contributed by atoms with E-state index in [0.717, 1.165) is 0 Å². The zero-order valence-electron chi connectivity index (χ0n) is 19.5. The van der Waals surface area contributed by atoms with Gasteiger partial charge in [0.05, 0.1) is 25.0 Å². The Balaban J connectivity index is 1.83. The van der Waals surface area contributed by atoms with Gasteiger partial charge in [0.2, 0.25) is 26.0 Å². The zero-order chi connectivity index (χ0) is 25.1. The van der Waals surface area contributed by atoms with Crippen LogP contribution < -0.4 is 19.5 Å². The lowest BCUT2D eigenvalue weighted by Gasteiger charge is -2.31. The third-order valence-electron chi connectivity index (χ3n) is 5.79. The van der Waals surface area contributed by atoms with Gasteiger partial charge in [-0.25, -0.2) is 21.6 Å². The molecular weight excluding hydrogens is 482 g/mol. The minimum atomic E-state index is -3.95. The van der Waals surface area contributed by atoms with Gasteiger partial charge >= 0.3 is 0 Å². The lowest BCUT2D eigenvalue weighted by Crippen LogP contribution is -2.43. The number of amides is 1. The lowest BCUT2D eigenvalue weighted by atomic mass is 9.98. The molecule has 10 nitrogen and oxygen atoms in total. The maximum atomic E-state index is 13.4. The van der Waals surface area contributed by atoms with Crippen LogP contribution in [0.5, 0.6) is 11.5 Å². The van der Waals surface area contributed by atoms with Crippen LogP contribution in [0.2, 0.25) is 0 Å². The third kappa shape index (κ3) is 5.35. The molecule has 2 aromatic carbocycles. The first-order valence-electron chi connectivity index (χ1n) is 10.6. The molecule has 0 aliphatic carbocycles. The van der Waals surface area contributed by atoms with Gasteiger partial charge < -0.3 is 14.8 Å². The molecule has 2 N–H and O–H groups in total. The van der Waals surface area contributed by atoms with Gasteiger partial charge in [-0.3, -0.25) is 4.79 Å². The highest BCUT2D eigenvalue weighted by Crippen LogP contribution is 2.33. The number of sulfonamides is 2. The Morgan fingerprint density at radius 2 is 1.79 bits per heavy atom. The maximum absolute atomic E-state index is 13.4. The number of hydrogen-bond acceptors (Lipinski definition) is 7. The smallest absolute Gasteiger partial charge is 0.246 e. The summed E-state index contributed by atoms with van der Waals surface area (Å²) >= 11 is 0. The van der Waals surface area contributed by atoms with E-state index in [1.54, 1.807) is 19.1 Å². The van der Waals surface area contributed by atoms with E-state index >= 15 is 0 Å². The van der Waals surface area contributed by atoms with Crippen LogP contribution in [0, 0.1) is 12.8 Å². The lowest BCUT2D eigenvalue weighted by molar-refractivity contribution is -0.120. The molecule has 1 heterocycles. The molecule has 1 aliphatic rings. The molecule has 186 valence electrons. The van der Waals surface area contributed by atoms with E-state index in [9.17, 15) is 21.6 Å². The second-order valence-corrected chi connectivity index (χ2v) is 11.7. The first-order chi connectivity index (χ1) is 16.0. The second kappa shape index (κ2) is 10.3. The van der Waals surface area contributed by atoms with Gasteiger partial charge in [-0.05, 0) is 56.6 Å². The fraction of sp³-hybridized carbons (Fsp3) is 0.409. The average Bonchev–Trinajstić information content (AvgIpc) is 2.84. The number of nitrogens with one attached hydrogen (secondary N) is 2. The average molecular weight is 512 g/mol. The summed E-state index contributed by atoms with van der Waals surface area (Å²) in [4.78, 5) is 13.0. The van der Waals surface area contributed by atoms with E-state index in [-0.39, 0.29) is 34.5 Å². The Bertz CT molecular complexity index is 1280. The van der Waals surface area contributed by atoms with E-state index < -0.39 is 26.0 Å². The normalized spacial score (nSPS) is 17.2. The van der Waals surface area contributed by atoms with Crippen LogP contribution >= 0.6 is 0 Å². The van der Waals surface area contributed by atoms with Crippen molar-refractivity contribution in [3.8, 4) is 11.5 Å². The van der Waals surface area contributed by atoms with E-state index in [2.05, 4.69) is 10.0 Å². The van der Waals surface area contributed by atoms with Crippen LogP contribution in [0.15, 0.2) is 46.2 Å². The minimum Gasteiger partial charge on any atom is -0.497 e. The Labute approximate surface area is 200 Å². The van der Waals surface area contributed by atoms with Crippen molar-refractivity contribution in [2.75, 3.05) is 39.7 Å². The SMILES string of the molecule is CNS(=O)(=O)c1ccc(C)c(NC(=O)[C@@H]2CCCN(S(=O)(=O)c3cc(OC)ccc3OC)C2)c1. The van der Waals surface area contributed by atoms with Crippen molar-refractivity contribution >= 4 is 31.6 Å². The number of carbonyl (C=O) groups excluding carboxylic acids is 1. The summed E-state index contributed by atoms with van der Waals surface area (Å²) in [6, 6.07) is 8.97. The number of benzene rings is 2. The van der Waals surface area contributed by atoms with Crippen molar-refractivity contribution in [1.29, 1.82) is 0 Å². The van der Waals surface area contributed by atoms with Crippen LogP contribution in [-0.2, 0) is 24.8 Å². The molecule has 2 aromatic rings. The summed E-state index contributed by atoms with van der Waals surface area (Å²) < 4.78 is 64.9. The number of rotatable bonds is 8. The van der Waals surface area contributed by atoms with Crippen LogP contribution in [0.25, 0.3) is 0 Å². The van der Waals surface area contributed by atoms with E-state index in [0.29, 0.717) is 29.8 Å². The number of piperidine rings is 1. The predicted octanol–water partition coefficient (Wildman–Crippen LogP) is 1.96. The fourth-order valence-corrected chi connectivity index (χ4v) is 6.21. The topological polar surface area (TPSA) is 131 Å². The molecule has 0 aromatic heterocycles. The summed E-state index contributed by atoms with van der Waals surface area (Å²) in [5.41, 5.74) is 1.04. The highest BCUT2D eigenvalue weighted by Gasteiger charge is 2.35. The number of hydrogen-bond donors (Lipinski definition) is 2. The maximum Gasteiger partial charge on any atom is 0.246 e. The van der Waals surface area contributed by atoms with Gasteiger partial charge in [-0.1, -0.05) is 6.07 Å². The molecule has 1 atom stereocenters. The molecule has 1 amide bonds. The predicted molar refractivity (Wildman–Crippen MR) is 127 cm³/mol. The standard InChI is InChI=1S/C22H29N3O7S2/c1-15-7-9-18(33(27,28)23-2)13-19(15)24-22(26)16-6-5-11-25(14-16)34(29,30)21-12-17(31-3)8-10-20(21)32-4/h7-10,12-13,16,23H,5-6,11,14H2,1-4H3,(H,24,26)/t16-/m1/s1. The Morgan fingerprint density at radius 1 is 1.06 bits per heavy atom. The van der Waals surface area contributed by atoms with Gasteiger partial charge in [-0.2, -0.15) is 4.31 Å². The van der Waals surface area contributed by atoms with Gasteiger partial charge in [0, 0.05) is 24.8 Å². The van der Waals surface area contributed by atoms with Crippen molar-refractivity contribution in [2.45, 2.75) is 29.6 Å². The molecule has 1 fully saturated rings. The summed E-state index contributed by atoms with van der Waals surface area (Å²) in [6.45, 7) is 2.00. The summed E-state index contributed by atoms with van der Waals surface area (Å²) in [6.07, 6.45) is 0.997. The van der Waals surface area contributed by atoms with Crippen molar-refractivity contribution in [3.05, 3.63) is 42.0 Å². The van der Waals surface area contributed by atoms with Crippen LogP contribution in [0.1, 0.15) is 18.4 Å². The van der Waals surface area contributed by atoms with E-state index in [1.165, 1.54) is 49.8 Å². The molecule has 1 saturated heterocycles. The molecule has 0 saturated carbocycles. The van der Waals surface area contributed by atoms with Gasteiger partial charge in [-0.15, -0.1) is 0 Å². The van der Waals surface area contributed by atoms with Crippen LogP contribution in [0.3, 0.4) is 0 Å². The van der Waals surface area contributed by atoms with Crippen molar-refractivity contribution < 1.29 is 31.1 Å². The monoisotopic (exact) mass is 511 g/mol. The number of aryl methyl sites for hydroxylation is 1. The Kier molecular flexibility index (Phi) is 7.86. The molecule has 1 aliphatic heterocycles. The first-order valence-corrected chi connectivity index (χ1v) is 13.5. The van der Waals surface area contributed by atoms with Gasteiger partial charge in [0.1, 0.15) is 16.4 Å². The Hall–Kier alpha value is -2.67. The highest BCUT2D eigenvalue weighted by molar-refractivity contribution is 7.89. The molecule has 34 heavy (non-hydrogen) atoms. The highest BCUT2D eigenvalue weighted by atomic mass is 32.2.